The minimum atomic E-state index is 0.184. The van der Waals surface area contributed by atoms with Crippen molar-refractivity contribution in [2.75, 3.05) is 38.0 Å². The van der Waals surface area contributed by atoms with Crippen molar-refractivity contribution in [1.29, 1.82) is 0 Å². The van der Waals surface area contributed by atoms with Gasteiger partial charge in [0.1, 0.15) is 5.82 Å². The fourth-order valence-corrected chi connectivity index (χ4v) is 5.94. The van der Waals surface area contributed by atoms with E-state index in [9.17, 15) is 4.79 Å². The van der Waals surface area contributed by atoms with Crippen LogP contribution in [0.15, 0.2) is 53.3 Å². The normalized spacial score (nSPS) is 19.0. The van der Waals surface area contributed by atoms with Crippen molar-refractivity contribution < 1.29 is 4.79 Å². The van der Waals surface area contributed by atoms with E-state index in [0.717, 1.165) is 72.8 Å². The average Bonchev–Trinajstić information content (AvgIpc) is 3.28. The second-order valence-electron chi connectivity index (χ2n) is 10.2. The summed E-state index contributed by atoms with van der Waals surface area (Å²) < 4.78 is 2.77. The zero-order valence-electron chi connectivity index (χ0n) is 21.2. The third-order valence-electron chi connectivity index (χ3n) is 7.76. The summed E-state index contributed by atoms with van der Waals surface area (Å²) in [4.78, 5) is 21.0. The number of rotatable bonds is 6. The Kier molecular flexibility index (Phi) is 7.32. The lowest BCUT2D eigenvalue weighted by Gasteiger charge is -2.41. The number of allylic oxidation sites excluding steroid dienone is 1. The van der Waals surface area contributed by atoms with Gasteiger partial charge in [-0.1, -0.05) is 30.8 Å². The molecule has 0 aliphatic carbocycles. The average molecular weight is 552 g/mol. The van der Waals surface area contributed by atoms with E-state index in [4.69, 9.17) is 4.98 Å². The van der Waals surface area contributed by atoms with Gasteiger partial charge in [0.2, 0.25) is 5.91 Å². The summed E-state index contributed by atoms with van der Waals surface area (Å²) in [6.45, 7) is 12.9. The first-order valence-electron chi connectivity index (χ1n) is 12.9. The first kappa shape index (κ1) is 24.8. The van der Waals surface area contributed by atoms with Crippen LogP contribution in [0, 0.1) is 18.8 Å². The topological polar surface area (TPSA) is 65.8 Å². The predicted octanol–water partition coefficient (Wildman–Crippen LogP) is 5.36. The van der Waals surface area contributed by atoms with Gasteiger partial charge in [-0.05, 0) is 60.0 Å². The Morgan fingerprint density at radius 2 is 1.94 bits per heavy atom. The van der Waals surface area contributed by atoms with Gasteiger partial charge >= 0.3 is 0 Å². The summed E-state index contributed by atoms with van der Waals surface area (Å²) in [6, 6.07) is 10.5. The van der Waals surface area contributed by atoms with Gasteiger partial charge in [0.15, 0.2) is 5.65 Å². The Morgan fingerprint density at radius 3 is 2.69 bits per heavy atom. The quantitative estimate of drug-likeness (QED) is 0.447. The molecule has 2 aliphatic rings. The van der Waals surface area contributed by atoms with Crippen LogP contribution in [0.25, 0.3) is 16.9 Å². The van der Waals surface area contributed by atoms with E-state index in [1.54, 1.807) is 13.1 Å². The number of likely N-dealkylation sites (tertiary alicyclic amines) is 2. The third-order valence-corrected chi connectivity index (χ3v) is 8.32. The second kappa shape index (κ2) is 10.6. The highest BCUT2D eigenvalue weighted by Gasteiger charge is 2.28. The molecule has 0 spiro atoms. The summed E-state index contributed by atoms with van der Waals surface area (Å²) in [5, 5.41) is 8.25. The molecule has 8 heteroatoms. The number of benzene rings is 1. The number of hydrogen-bond donors (Lipinski definition) is 1. The first-order chi connectivity index (χ1) is 17.4. The molecule has 0 saturated carbocycles. The molecule has 2 aliphatic heterocycles. The van der Waals surface area contributed by atoms with E-state index in [0.29, 0.717) is 11.8 Å². The number of nitrogens with zero attached hydrogens (tertiary/aromatic N) is 5. The molecule has 1 aromatic carbocycles. The van der Waals surface area contributed by atoms with Gasteiger partial charge in [-0.3, -0.25) is 4.79 Å². The van der Waals surface area contributed by atoms with Crippen molar-refractivity contribution >= 4 is 33.3 Å². The molecule has 7 nitrogen and oxygen atoms in total. The zero-order chi connectivity index (χ0) is 25.2. The van der Waals surface area contributed by atoms with Gasteiger partial charge in [-0.2, -0.15) is 9.61 Å². The van der Waals surface area contributed by atoms with Crippen LogP contribution in [0.5, 0.6) is 0 Å². The van der Waals surface area contributed by atoms with Crippen molar-refractivity contribution in [3.8, 4) is 11.3 Å². The van der Waals surface area contributed by atoms with Crippen LogP contribution in [-0.4, -0.2) is 63.0 Å². The third kappa shape index (κ3) is 5.14. The van der Waals surface area contributed by atoms with E-state index >= 15 is 0 Å². The van der Waals surface area contributed by atoms with Gasteiger partial charge in [0.05, 0.1) is 16.4 Å². The highest BCUT2D eigenvalue weighted by Crippen LogP contribution is 2.31. The molecule has 2 saturated heterocycles. The fraction of sp³-hybridized carbons (Fsp3) is 0.464. The minimum Gasteiger partial charge on any atom is -0.375 e. The molecule has 2 fully saturated rings. The smallest absolute Gasteiger partial charge is 0.219 e. The van der Waals surface area contributed by atoms with E-state index in [1.165, 1.54) is 24.1 Å². The van der Waals surface area contributed by atoms with Gasteiger partial charge in [-0.25, -0.2) is 4.98 Å². The number of amides is 1. The van der Waals surface area contributed by atoms with Crippen molar-refractivity contribution in [3.63, 3.8) is 0 Å². The minimum absolute atomic E-state index is 0.184. The van der Waals surface area contributed by atoms with Crippen LogP contribution in [0.3, 0.4) is 0 Å². The Morgan fingerprint density at radius 1 is 1.17 bits per heavy atom. The molecular weight excluding hydrogens is 516 g/mol. The fourth-order valence-electron chi connectivity index (χ4n) is 5.59. The van der Waals surface area contributed by atoms with Crippen molar-refractivity contribution in [1.82, 2.24) is 24.4 Å². The summed E-state index contributed by atoms with van der Waals surface area (Å²) in [6.07, 6.45) is 6.21. The number of aromatic nitrogens is 3. The molecule has 1 N–H and O–H groups in total. The molecule has 5 rings (SSSR count). The molecule has 4 heterocycles. The van der Waals surface area contributed by atoms with E-state index in [-0.39, 0.29) is 5.91 Å². The number of carbonyl (C=O) groups excluding carboxylic acids is 1. The summed E-state index contributed by atoms with van der Waals surface area (Å²) in [5.41, 5.74) is 5.35. The largest absolute Gasteiger partial charge is 0.375 e. The maximum absolute atomic E-state index is 11.7. The number of hydrogen-bond acceptors (Lipinski definition) is 5. The standard InChI is InChI=1S/C28H35BrN6O/c1-19-7-4-5-9-24(19)26-15-27(35-28(32-26)25(29)17-31-35)30-16-22-8-6-12-34(18-22)20(2)23-10-13-33(14-11-23)21(3)36/h4-5,7,9,15,17,22-23,30H,2,6,8,10-14,16,18H2,1,3H3. The molecule has 1 atom stereocenters. The molecule has 1 unspecified atom stereocenters. The lowest BCUT2D eigenvalue weighted by molar-refractivity contribution is -0.130. The van der Waals surface area contributed by atoms with Gasteiger partial charge in [-0.15, -0.1) is 0 Å². The second-order valence-corrected chi connectivity index (χ2v) is 11.0. The van der Waals surface area contributed by atoms with Gasteiger partial charge < -0.3 is 15.1 Å². The van der Waals surface area contributed by atoms with Crippen LogP contribution in [-0.2, 0) is 4.79 Å². The Hall–Kier alpha value is -2.87. The van der Waals surface area contributed by atoms with Crippen LogP contribution in [0.2, 0.25) is 0 Å². The molecular formula is C28H35BrN6O. The van der Waals surface area contributed by atoms with Crippen molar-refractivity contribution in [3.05, 3.63) is 58.8 Å². The molecule has 1 amide bonds. The predicted molar refractivity (Wildman–Crippen MR) is 148 cm³/mol. The van der Waals surface area contributed by atoms with Crippen LogP contribution in [0.1, 0.15) is 38.2 Å². The van der Waals surface area contributed by atoms with E-state index < -0.39 is 0 Å². The monoisotopic (exact) mass is 550 g/mol. The lowest BCUT2D eigenvalue weighted by atomic mass is 9.90. The van der Waals surface area contributed by atoms with Gasteiger partial charge in [0, 0.05) is 62.9 Å². The van der Waals surface area contributed by atoms with Crippen molar-refractivity contribution in [2.45, 2.75) is 39.5 Å². The Bertz CT molecular complexity index is 1260. The number of fused-ring (bicyclic) bond motifs is 1. The molecule has 190 valence electrons. The molecule has 3 aromatic rings. The van der Waals surface area contributed by atoms with Crippen LogP contribution in [0.4, 0.5) is 5.82 Å². The van der Waals surface area contributed by atoms with E-state index in [1.807, 2.05) is 9.42 Å². The van der Waals surface area contributed by atoms with E-state index in [2.05, 4.69) is 75.1 Å². The Labute approximate surface area is 221 Å². The maximum atomic E-state index is 11.7. The number of carbonyl (C=O) groups is 1. The zero-order valence-corrected chi connectivity index (χ0v) is 22.8. The van der Waals surface area contributed by atoms with Crippen molar-refractivity contribution in [2.24, 2.45) is 11.8 Å². The molecule has 2 aromatic heterocycles. The SMILES string of the molecule is C=C(C1CCN(C(C)=O)CC1)N1CCCC(CNc2cc(-c3ccccc3C)nc3c(Br)cnn23)C1. The van der Waals surface area contributed by atoms with Crippen LogP contribution < -0.4 is 5.32 Å². The molecule has 0 bridgehead atoms. The molecule has 36 heavy (non-hydrogen) atoms. The molecule has 0 radical (unpaired) electrons. The number of aryl methyl sites for hydroxylation is 1. The highest BCUT2D eigenvalue weighted by atomic mass is 79.9. The summed E-state index contributed by atoms with van der Waals surface area (Å²) >= 11 is 3.62. The summed E-state index contributed by atoms with van der Waals surface area (Å²) in [5.74, 6) is 2.14. The number of piperidine rings is 2. The number of nitrogens with one attached hydrogen (secondary N) is 1. The van der Waals surface area contributed by atoms with Gasteiger partial charge in [0.25, 0.3) is 0 Å². The summed E-state index contributed by atoms with van der Waals surface area (Å²) in [7, 11) is 0. The maximum Gasteiger partial charge on any atom is 0.219 e. The number of anilines is 1. The highest BCUT2D eigenvalue weighted by molar-refractivity contribution is 9.10. The number of halogens is 1. The first-order valence-corrected chi connectivity index (χ1v) is 13.7. The van der Waals surface area contributed by atoms with Crippen LogP contribution >= 0.6 is 15.9 Å². The lowest BCUT2D eigenvalue weighted by Crippen LogP contribution is -2.42. The Balaban J connectivity index is 1.27.